The average Bonchev–Trinajstić information content (AvgIpc) is 2.83. The molecule has 6 nitrogen and oxygen atoms in total. The van der Waals surface area contributed by atoms with Gasteiger partial charge < -0.3 is 14.2 Å². The van der Waals surface area contributed by atoms with Crippen molar-refractivity contribution in [1.82, 2.24) is 0 Å². The van der Waals surface area contributed by atoms with Gasteiger partial charge in [0.05, 0.1) is 34.3 Å². The zero-order valence-electron chi connectivity index (χ0n) is 19.7. The number of rotatable bonds is 5. The van der Waals surface area contributed by atoms with Crippen LogP contribution in [0.4, 0.5) is 4.39 Å². The van der Waals surface area contributed by atoms with Crippen LogP contribution in [0.25, 0.3) is 0 Å². The molecule has 0 aromatic heterocycles. The molecule has 0 fully saturated rings. The fraction of sp³-hybridized carbons (Fsp3) is 0.192. The summed E-state index contributed by atoms with van der Waals surface area (Å²) in [6, 6.07) is 12.6. The summed E-state index contributed by atoms with van der Waals surface area (Å²) in [7, 11) is 2.61. The van der Waals surface area contributed by atoms with Gasteiger partial charge in [0.1, 0.15) is 17.3 Å². The Morgan fingerprint density at radius 2 is 1.23 bits per heavy atom. The van der Waals surface area contributed by atoms with Crippen LogP contribution in [0.2, 0.25) is 0 Å². The average molecular weight is 610 g/mol. The van der Waals surface area contributed by atoms with E-state index in [1.807, 2.05) is 13.8 Å². The van der Waals surface area contributed by atoms with Crippen LogP contribution in [-0.4, -0.2) is 31.9 Å². The second-order valence-electron chi connectivity index (χ2n) is 7.35. The smallest absolute Gasteiger partial charge is 0.337 e. The van der Waals surface area contributed by atoms with E-state index in [-0.39, 0.29) is 10.3 Å². The van der Waals surface area contributed by atoms with Crippen LogP contribution in [0.15, 0.2) is 57.5 Å². The number of hydrogen-bond donors (Lipinski definition) is 0. The maximum Gasteiger partial charge on any atom is 0.337 e. The van der Waals surface area contributed by atoms with Gasteiger partial charge in [0.2, 0.25) is 0 Å². The van der Waals surface area contributed by atoms with E-state index in [1.54, 1.807) is 30.3 Å². The Kier molecular flexibility index (Phi) is 10.2. The van der Waals surface area contributed by atoms with Crippen LogP contribution in [0.5, 0.6) is 11.5 Å². The molecule has 0 amide bonds. The molecule has 3 rings (SSSR count). The van der Waals surface area contributed by atoms with Crippen molar-refractivity contribution >= 4 is 49.6 Å². The predicted octanol–water partition coefficient (Wildman–Crippen LogP) is 7.22. The van der Waals surface area contributed by atoms with Crippen molar-refractivity contribution in [2.24, 2.45) is 0 Å². The van der Waals surface area contributed by atoms with Gasteiger partial charge in [-0.15, -0.1) is 0 Å². The minimum Gasteiger partial charge on any atom is -0.465 e. The van der Waals surface area contributed by atoms with E-state index in [9.17, 15) is 18.8 Å². The standard InChI is InChI=1S/C18H17BrO4.C8H6BrFO2/c1-10-7-14(12(3)20)8-11(2)17(10)23-16-6-5-13(9-15(16)19)18(21)22-4;1-12-8(11)5-2-3-7(10)6(9)4-5/h5-9H,1-4H3;2-4H,1H3. The fourth-order valence-corrected chi connectivity index (χ4v) is 3.83. The van der Waals surface area contributed by atoms with E-state index in [1.165, 1.54) is 39.3 Å². The summed E-state index contributed by atoms with van der Waals surface area (Å²) in [5, 5.41) is 0. The number of Topliss-reactive ketones (excluding diaryl/α,β-unsaturated/α-hetero) is 1. The Labute approximate surface area is 219 Å². The highest BCUT2D eigenvalue weighted by atomic mass is 79.9. The molecule has 0 unspecified atom stereocenters. The van der Waals surface area contributed by atoms with Gasteiger partial charge >= 0.3 is 11.9 Å². The number of hydrogen-bond acceptors (Lipinski definition) is 6. The van der Waals surface area contributed by atoms with Crippen LogP contribution in [-0.2, 0) is 9.47 Å². The number of carbonyl (C=O) groups excluding carboxylic acids is 3. The number of esters is 2. The first-order chi connectivity index (χ1) is 16.5. The van der Waals surface area contributed by atoms with Crippen LogP contribution >= 0.6 is 31.9 Å². The topological polar surface area (TPSA) is 78.9 Å². The van der Waals surface area contributed by atoms with Crippen LogP contribution in [0.3, 0.4) is 0 Å². The van der Waals surface area contributed by atoms with Gasteiger partial charge in [0, 0.05) is 5.56 Å². The first kappa shape index (κ1) is 28.2. The van der Waals surface area contributed by atoms with Crippen molar-refractivity contribution in [3.05, 3.63) is 91.1 Å². The lowest BCUT2D eigenvalue weighted by Crippen LogP contribution is -2.02. The Balaban J connectivity index is 0.000000303. The van der Waals surface area contributed by atoms with Crippen molar-refractivity contribution in [3.63, 3.8) is 0 Å². The Hall–Kier alpha value is -3.04. The number of halogens is 3. The second kappa shape index (κ2) is 12.6. The first-order valence-corrected chi connectivity index (χ1v) is 11.8. The molecule has 0 heterocycles. The summed E-state index contributed by atoms with van der Waals surface area (Å²) in [5.41, 5.74) is 3.17. The highest BCUT2D eigenvalue weighted by molar-refractivity contribution is 9.10. The third-order valence-corrected chi connectivity index (χ3v) is 6.00. The summed E-state index contributed by atoms with van der Waals surface area (Å²) in [4.78, 5) is 34.0. The van der Waals surface area contributed by atoms with Gasteiger partial charge in [-0.25, -0.2) is 14.0 Å². The third kappa shape index (κ3) is 7.47. The second-order valence-corrected chi connectivity index (χ2v) is 9.06. The zero-order chi connectivity index (χ0) is 26.3. The molecule has 0 saturated carbocycles. The molecule has 0 aliphatic heterocycles. The maximum atomic E-state index is 12.7. The van der Waals surface area contributed by atoms with Crippen molar-refractivity contribution in [3.8, 4) is 11.5 Å². The Bertz CT molecular complexity index is 1250. The van der Waals surface area contributed by atoms with Crippen LogP contribution in [0.1, 0.15) is 49.1 Å². The van der Waals surface area contributed by atoms with Crippen LogP contribution < -0.4 is 4.74 Å². The van der Waals surface area contributed by atoms with Gasteiger partial charge in [-0.3, -0.25) is 4.79 Å². The molecule has 0 radical (unpaired) electrons. The minimum absolute atomic E-state index is 0.0198. The van der Waals surface area contributed by atoms with Crippen molar-refractivity contribution in [2.75, 3.05) is 14.2 Å². The lowest BCUT2D eigenvalue weighted by molar-refractivity contribution is 0.0591. The molecular weight excluding hydrogens is 587 g/mol. The number of ether oxygens (including phenoxy) is 3. The van der Waals surface area contributed by atoms with E-state index in [4.69, 9.17) is 9.47 Å². The van der Waals surface area contributed by atoms with Crippen molar-refractivity contribution < 1.29 is 33.0 Å². The van der Waals surface area contributed by atoms with Gasteiger partial charge in [0.15, 0.2) is 5.78 Å². The molecule has 35 heavy (non-hydrogen) atoms. The van der Waals surface area contributed by atoms with E-state index >= 15 is 0 Å². The molecule has 0 aliphatic rings. The molecule has 0 bridgehead atoms. The summed E-state index contributed by atoms with van der Waals surface area (Å²) >= 11 is 6.36. The van der Waals surface area contributed by atoms with E-state index in [0.29, 0.717) is 32.7 Å². The molecule has 184 valence electrons. The predicted molar refractivity (Wildman–Crippen MR) is 137 cm³/mol. The zero-order valence-corrected chi connectivity index (χ0v) is 22.9. The fourth-order valence-electron chi connectivity index (χ4n) is 2.99. The largest absolute Gasteiger partial charge is 0.465 e. The van der Waals surface area contributed by atoms with E-state index in [0.717, 1.165) is 11.1 Å². The molecule has 0 aliphatic carbocycles. The van der Waals surface area contributed by atoms with E-state index in [2.05, 4.69) is 36.6 Å². The normalized spacial score (nSPS) is 10.1. The lowest BCUT2D eigenvalue weighted by atomic mass is 10.0. The molecule has 0 saturated heterocycles. The highest BCUT2D eigenvalue weighted by Gasteiger charge is 2.14. The molecule has 9 heteroatoms. The van der Waals surface area contributed by atoms with Gasteiger partial charge in [-0.2, -0.15) is 0 Å². The highest BCUT2D eigenvalue weighted by Crippen LogP contribution is 2.35. The third-order valence-electron chi connectivity index (χ3n) is 4.77. The number of ketones is 1. The quantitative estimate of drug-likeness (QED) is 0.224. The number of aryl methyl sites for hydroxylation is 2. The maximum absolute atomic E-state index is 12.7. The molecule has 0 atom stereocenters. The molecular formula is C26H23Br2FO6. The molecule has 0 N–H and O–H groups in total. The van der Waals surface area contributed by atoms with Gasteiger partial charge in [0.25, 0.3) is 0 Å². The van der Waals surface area contributed by atoms with Gasteiger partial charge in [-0.1, -0.05) is 0 Å². The van der Waals surface area contributed by atoms with Crippen molar-refractivity contribution in [2.45, 2.75) is 20.8 Å². The van der Waals surface area contributed by atoms with Crippen molar-refractivity contribution in [1.29, 1.82) is 0 Å². The number of carbonyl (C=O) groups is 3. The summed E-state index contributed by atoms with van der Waals surface area (Å²) in [6.45, 7) is 5.33. The monoisotopic (exact) mass is 608 g/mol. The SMILES string of the molecule is COC(=O)c1ccc(F)c(Br)c1.COC(=O)c1ccc(Oc2c(C)cc(C(C)=O)cc2C)c(Br)c1. The van der Waals surface area contributed by atoms with Crippen LogP contribution in [0, 0.1) is 19.7 Å². The summed E-state index contributed by atoms with van der Waals surface area (Å²) in [5.74, 6) is 0.0149. The Morgan fingerprint density at radius 3 is 1.66 bits per heavy atom. The molecule has 0 spiro atoms. The number of methoxy groups -OCH3 is 2. The van der Waals surface area contributed by atoms with Gasteiger partial charge in [-0.05, 0) is 112 Å². The number of benzene rings is 3. The lowest BCUT2D eigenvalue weighted by Gasteiger charge is -2.14. The molecule has 3 aromatic carbocycles. The Morgan fingerprint density at radius 1 is 0.743 bits per heavy atom. The van der Waals surface area contributed by atoms with E-state index < -0.39 is 17.8 Å². The molecule has 3 aromatic rings. The minimum atomic E-state index is -0.476. The first-order valence-electron chi connectivity index (χ1n) is 10.2. The summed E-state index contributed by atoms with van der Waals surface area (Å²) < 4.78 is 28.7. The summed E-state index contributed by atoms with van der Waals surface area (Å²) in [6.07, 6.45) is 0.